The fourth-order valence-electron chi connectivity index (χ4n) is 2.05. The molecule has 0 N–H and O–H groups in total. The normalized spacial score (nSPS) is 10.3. The SMILES string of the molecule is CCN(C(=O)COc1ccc(OC)cc1)c1ccc(F)c(F)c1. The second kappa shape index (κ2) is 7.58. The molecule has 0 unspecified atom stereocenters. The first-order valence-electron chi connectivity index (χ1n) is 7.07. The summed E-state index contributed by atoms with van der Waals surface area (Å²) in [5.74, 6) is -1.10. The average Bonchev–Trinajstić information content (AvgIpc) is 2.57. The highest BCUT2D eigenvalue weighted by Crippen LogP contribution is 2.20. The van der Waals surface area contributed by atoms with Crippen LogP contribution in [0.4, 0.5) is 14.5 Å². The van der Waals surface area contributed by atoms with Gasteiger partial charge < -0.3 is 14.4 Å². The van der Waals surface area contributed by atoms with E-state index < -0.39 is 11.6 Å². The maximum absolute atomic E-state index is 13.3. The van der Waals surface area contributed by atoms with Gasteiger partial charge in [0.15, 0.2) is 18.2 Å². The van der Waals surface area contributed by atoms with Crippen molar-refractivity contribution in [1.82, 2.24) is 0 Å². The Labute approximate surface area is 133 Å². The molecule has 0 radical (unpaired) electrons. The molecule has 2 aromatic rings. The van der Waals surface area contributed by atoms with E-state index in [1.165, 1.54) is 11.0 Å². The third kappa shape index (κ3) is 4.18. The fraction of sp³-hybridized carbons (Fsp3) is 0.235. The number of methoxy groups -OCH3 is 1. The van der Waals surface area contributed by atoms with Crippen LogP contribution in [-0.2, 0) is 4.79 Å². The lowest BCUT2D eigenvalue weighted by Gasteiger charge is -2.21. The maximum atomic E-state index is 13.3. The number of amides is 1. The predicted octanol–water partition coefficient (Wildman–Crippen LogP) is 3.41. The summed E-state index contributed by atoms with van der Waals surface area (Å²) in [6.45, 7) is 1.85. The number of carbonyl (C=O) groups excluding carboxylic acids is 1. The molecule has 0 saturated carbocycles. The van der Waals surface area contributed by atoms with Crippen molar-refractivity contribution < 1.29 is 23.0 Å². The number of nitrogens with zero attached hydrogens (tertiary/aromatic N) is 1. The number of carbonyl (C=O) groups is 1. The van der Waals surface area contributed by atoms with Gasteiger partial charge in [0.1, 0.15) is 11.5 Å². The topological polar surface area (TPSA) is 38.8 Å². The van der Waals surface area contributed by atoms with Crippen LogP contribution in [0.5, 0.6) is 11.5 Å². The van der Waals surface area contributed by atoms with Gasteiger partial charge in [0.25, 0.3) is 5.91 Å². The summed E-state index contributed by atoms with van der Waals surface area (Å²) in [7, 11) is 1.56. The van der Waals surface area contributed by atoms with Gasteiger partial charge >= 0.3 is 0 Å². The van der Waals surface area contributed by atoms with Crippen LogP contribution >= 0.6 is 0 Å². The average molecular weight is 321 g/mol. The molecule has 0 heterocycles. The number of halogens is 2. The van der Waals surface area contributed by atoms with Crippen molar-refractivity contribution in [3.05, 3.63) is 54.1 Å². The van der Waals surface area contributed by atoms with E-state index in [1.807, 2.05) is 0 Å². The molecular formula is C17H17F2NO3. The Hall–Kier alpha value is -2.63. The smallest absolute Gasteiger partial charge is 0.264 e. The minimum atomic E-state index is -0.996. The van der Waals surface area contributed by atoms with Crippen molar-refractivity contribution in [3.8, 4) is 11.5 Å². The van der Waals surface area contributed by atoms with E-state index in [-0.39, 0.29) is 18.2 Å². The van der Waals surface area contributed by atoms with Gasteiger partial charge in [0, 0.05) is 18.3 Å². The molecule has 0 aromatic heterocycles. The largest absolute Gasteiger partial charge is 0.497 e. The first kappa shape index (κ1) is 16.7. The Balaban J connectivity index is 2.03. The summed E-state index contributed by atoms with van der Waals surface area (Å²) in [5.41, 5.74) is 0.287. The van der Waals surface area contributed by atoms with E-state index in [0.717, 1.165) is 12.1 Å². The lowest BCUT2D eigenvalue weighted by molar-refractivity contribution is -0.120. The Morgan fingerprint density at radius 1 is 1.04 bits per heavy atom. The Kier molecular flexibility index (Phi) is 5.51. The maximum Gasteiger partial charge on any atom is 0.264 e. The molecule has 0 fully saturated rings. The molecule has 0 aliphatic heterocycles. The highest BCUT2D eigenvalue weighted by atomic mass is 19.2. The van der Waals surface area contributed by atoms with Gasteiger partial charge in [-0.25, -0.2) is 8.78 Å². The molecule has 1 amide bonds. The highest BCUT2D eigenvalue weighted by molar-refractivity contribution is 5.94. The van der Waals surface area contributed by atoms with Gasteiger partial charge in [0.2, 0.25) is 0 Å². The molecule has 2 rings (SSSR count). The van der Waals surface area contributed by atoms with Crippen LogP contribution < -0.4 is 14.4 Å². The molecular weight excluding hydrogens is 304 g/mol. The Bertz CT molecular complexity index is 674. The molecule has 2 aromatic carbocycles. The number of hydrogen-bond donors (Lipinski definition) is 0. The summed E-state index contributed by atoms with van der Waals surface area (Å²) < 4.78 is 36.7. The first-order valence-corrected chi connectivity index (χ1v) is 7.07. The van der Waals surface area contributed by atoms with Gasteiger partial charge in [-0.1, -0.05) is 0 Å². The molecule has 0 aliphatic rings. The predicted molar refractivity (Wildman–Crippen MR) is 82.9 cm³/mol. The summed E-state index contributed by atoms with van der Waals surface area (Å²) >= 11 is 0. The molecule has 4 nitrogen and oxygen atoms in total. The van der Waals surface area contributed by atoms with Crippen LogP contribution in [0.2, 0.25) is 0 Å². The lowest BCUT2D eigenvalue weighted by atomic mass is 10.2. The van der Waals surface area contributed by atoms with Crippen LogP contribution in [0.3, 0.4) is 0 Å². The summed E-state index contributed by atoms with van der Waals surface area (Å²) in [6.07, 6.45) is 0. The Morgan fingerprint density at radius 2 is 1.70 bits per heavy atom. The number of rotatable bonds is 6. The molecule has 23 heavy (non-hydrogen) atoms. The molecule has 6 heteroatoms. The van der Waals surface area contributed by atoms with Crippen molar-refractivity contribution in [3.63, 3.8) is 0 Å². The van der Waals surface area contributed by atoms with Crippen LogP contribution in [0.15, 0.2) is 42.5 Å². The number of likely N-dealkylation sites (N-methyl/N-ethyl adjacent to an activating group) is 1. The molecule has 0 aliphatic carbocycles. The van der Waals surface area contributed by atoms with Crippen molar-refractivity contribution in [2.75, 3.05) is 25.2 Å². The van der Waals surface area contributed by atoms with Crippen molar-refractivity contribution in [2.24, 2.45) is 0 Å². The minimum Gasteiger partial charge on any atom is -0.497 e. The molecule has 0 bridgehead atoms. The summed E-state index contributed by atoms with van der Waals surface area (Å²) in [6, 6.07) is 10.1. The Morgan fingerprint density at radius 3 is 2.26 bits per heavy atom. The first-order chi connectivity index (χ1) is 11.0. The van der Waals surface area contributed by atoms with Crippen LogP contribution in [0.25, 0.3) is 0 Å². The van der Waals surface area contributed by atoms with E-state index in [9.17, 15) is 13.6 Å². The van der Waals surface area contributed by atoms with E-state index >= 15 is 0 Å². The zero-order valence-electron chi connectivity index (χ0n) is 12.9. The zero-order chi connectivity index (χ0) is 16.8. The highest BCUT2D eigenvalue weighted by Gasteiger charge is 2.16. The van der Waals surface area contributed by atoms with Gasteiger partial charge in [0.05, 0.1) is 7.11 Å². The molecule has 122 valence electrons. The summed E-state index contributed by atoms with van der Waals surface area (Å²) in [5, 5.41) is 0. The van der Waals surface area contributed by atoms with E-state index in [2.05, 4.69) is 0 Å². The second-order valence-electron chi connectivity index (χ2n) is 4.70. The zero-order valence-corrected chi connectivity index (χ0v) is 12.9. The standard InChI is InChI=1S/C17H17F2NO3/c1-3-20(12-4-9-15(18)16(19)10-12)17(21)11-23-14-7-5-13(22-2)6-8-14/h4-10H,3,11H2,1-2H3. The third-order valence-corrected chi connectivity index (χ3v) is 3.25. The quantitative estimate of drug-likeness (QED) is 0.818. The van der Waals surface area contributed by atoms with Crippen LogP contribution in [0, 0.1) is 11.6 Å². The lowest BCUT2D eigenvalue weighted by Crippen LogP contribution is -2.34. The molecule has 0 saturated heterocycles. The van der Waals surface area contributed by atoms with Crippen LogP contribution in [0.1, 0.15) is 6.92 Å². The van der Waals surface area contributed by atoms with Gasteiger partial charge in [-0.3, -0.25) is 4.79 Å². The second-order valence-corrected chi connectivity index (χ2v) is 4.70. The van der Waals surface area contributed by atoms with Crippen molar-refractivity contribution in [1.29, 1.82) is 0 Å². The van der Waals surface area contributed by atoms with E-state index in [0.29, 0.717) is 18.0 Å². The molecule has 0 spiro atoms. The van der Waals surface area contributed by atoms with Crippen molar-refractivity contribution in [2.45, 2.75) is 6.92 Å². The van der Waals surface area contributed by atoms with Gasteiger partial charge in [-0.05, 0) is 43.3 Å². The molecule has 0 atom stereocenters. The number of ether oxygens (including phenoxy) is 2. The van der Waals surface area contributed by atoms with Crippen LogP contribution in [-0.4, -0.2) is 26.2 Å². The number of hydrogen-bond acceptors (Lipinski definition) is 3. The monoisotopic (exact) mass is 321 g/mol. The van der Waals surface area contributed by atoms with Crippen molar-refractivity contribution >= 4 is 11.6 Å². The van der Waals surface area contributed by atoms with E-state index in [1.54, 1.807) is 38.3 Å². The number of benzene rings is 2. The van der Waals surface area contributed by atoms with Gasteiger partial charge in [-0.2, -0.15) is 0 Å². The third-order valence-electron chi connectivity index (χ3n) is 3.25. The van der Waals surface area contributed by atoms with E-state index in [4.69, 9.17) is 9.47 Å². The fourth-order valence-corrected chi connectivity index (χ4v) is 2.05. The van der Waals surface area contributed by atoms with Gasteiger partial charge in [-0.15, -0.1) is 0 Å². The number of anilines is 1. The summed E-state index contributed by atoms with van der Waals surface area (Å²) in [4.78, 5) is 13.6. The minimum absolute atomic E-state index is 0.209.